The van der Waals surface area contributed by atoms with Crippen LogP contribution in [0.15, 0.2) is 52.0 Å². The van der Waals surface area contributed by atoms with E-state index < -0.39 is 10.0 Å². The highest BCUT2D eigenvalue weighted by atomic mass is 79.9. The molecule has 5 nitrogen and oxygen atoms in total. The van der Waals surface area contributed by atoms with Gasteiger partial charge in [0.25, 0.3) is 0 Å². The van der Waals surface area contributed by atoms with Crippen LogP contribution >= 0.6 is 15.9 Å². The monoisotopic (exact) mass is 355 g/mol. The lowest BCUT2D eigenvalue weighted by Crippen LogP contribution is -2.18. The largest absolute Gasteiger partial charge is 0.379 e. The van der Waals surface area contributed by atoms with Crippen LogP contribution in [0.1, 0.15) is 5.69 Å². The third-order valence-electron chi connectivity index (χ3n) is 2.68. The normalized spacial score (nSPS) is 11.3. The Morgan fingerprint density at radius 1 is 1.15 bits per heavy atom. The zero-order valence-corrected chi connectivity index (χ0v) is 13.2. The van der Waals surface area contributed by atoms with E-state index in [9.17, 15) is 8.42 Å². The molecule has 1 aromatic carbocycles. The van der Waals surface area contributed by atoms with Gasteiger partial charge in [-0.05, 0) is 59.4 Å². The van der Waals surface area contributed by atoms with Gasteiger partial charge >= 0.3 is 0 Å². The van der Waals surface area contributed by atoms with E-state index in [0.717, 1.165) is 16.0 Å². The van der Waals surface area contributed by atoms with Gasteiger partial charge in [-0.2, -0.15) is 0 Å². The van der Waals surface area contributed by atoms with Gasteiger partial charge in [-0.3, -0.25) is 0 Å². The van der Waals surface area contributed by atoms with Gasteiger partial charge in [-0.15, -0.1) is 0 Å². The number of benzene rings is 1. The quantitative estimate of drug-likeness (QED) is 0.807. The number of hydrogen-bond acceptors (Lipinski definition) is 4. The number of nitrogens with zero attached hydrogens (tertiary/aromatic N) is 1. The van der Waals surface area contributed by atoms with Crippen LogP contribution < -0.4 is 10.0 Å². The van der Waals surface area contributed by atoms with Crippen LogP contribution in [0.25, 0.3) is 0 Å². The van der Waals surface area contributed by atoms with Gasteiger partial charge in [-0.25, -0.2) is 18.1 Å². The Hall–Kier alpha value is -1.44. The van der Waals surface area contributed by atoms with Crippen LogP contribution in [-0.4, -0.2) is 20.4 Å². The minimum atomic E-state index is -3.38. The minimum absolute atomic E-state index is 0.242. The predicted molar refractivity (Wildman–Crippen MR) is 82.0 cm³/mol. The summed E-state index contributed by atoms with van der Waals surface area (Å²) in [6.45, 7) is 0.567. The van der Waals surface area contributed by atoms with Crippen molar-refractivity contribution in [1.29, 1.82) is 0 Å². The number of pyridine rings is 1. The molecule has 2 rings (SSSR count). The maximum absolute atomic E-state index is 11.6. The van der Waals surface area contributed by atoms with Gasteiger partial charge in [-0.1, -0.05) is 6.07 Å². The molecular formula is C13H14BrN3O2S. The second-order valence-electron chi connectivity index (χ2n) is 4.04. The maximum Gasteiger partial charge on any atom is 0.240 e. The van der Waals surface area contributed by atoms with Gasteiger partial charge in [0.15, 0.2) is 0 Å². The second-order valence-corrected chi connectivity index (χ2v) is 6.74. The van der Waals surface area contributed by atoms with Crippen molar-refractivity contribution in [3.05, 3.63) is 52.8 Å². The van der Waals surface area contributed by atoms with Gasteiger partial charge in [0.05, 0.1) is 17.1 Å². The molecule has 106 valence electrons. The van der Waals surface area contributed by atoms with E-state index in [1.165, 1.54) is 7.05 Å². The van der Waals surface area contributed by atoms with E-state index in [2.05, 4.69) is 31.0 Å². The zero-order valence-electron chi connectivity index (χ0n) is 10.8. The number of halogens is 1. The molecule has 0 saturated heterocycles. The molecule has 0 radical (unpaired) electrons. The molecule has 0 atom stereocenters. The van der Waals surface area contributed by atoms with Crippen LogP contribution in [0, 0.1) is 0 Å². The van der Waals surface area contributed by atoms with Gasteiger partial charge in [0.1, 0.15) is 4.60 Å². The average Bonchev–Trinajstić information content (AvgIpc) is 2.46. The summed E-state index contributed by atoms with van der Waals surface area (Å²) in [5, 5.41) is 3.19. The molecule has 0 unspecified atom stereocenters. The van der Waals surface area contributed by atoms with E-state index in [1.54, 1.807) is 24.3 Å². The van der Waals surface area contributed by atoms with E-state index in [1.807, 2.05) is 18.2 Å². The number of hydrogen-bond donors (Lipinski definition) is 2. The number of aromatic nitrogens is 1. The van der Waals surface area contributed by atoms with Gasteiger partial charge in [0.2, 0.25) is 10.0 Å². The highest BCUT2D eigenvalue weighted by Crippen LogP contribution is 2.15. The molecule has 0 aliphatic heterocycles. The molecule has 1 heterocycles. The van der Waals surface area contributed by atoms with E-state index in [0.29, 0.717) is 6.54 Å². The number of rotatable bonds is 5. The Labute approximate surface area is 126 Å². The minimum Gasteiger partial charge on any atom is -0.379 e. The smallest absolute Gasteiger partial charge is 0.240 e. The third kappa shape index (κ3) is 3.78. The molecule has 0 saturated carbocycles. The summed E-state index contributed by atoms with van der Waals surface area (Å²) < 4.78 is 26.2. The summed E-state index contributed by atoms with van der Waals surface area (Å²) in [6, 6.07) is 12.3. The molecule has 0 bridgehead atoms. The molecule has 0 aliphatic carbocycles. The van der Waals surface area contributed by atoms with Gasteiger partial charge < -0.3 is 5.32 Å². The first kappa shape index (κ1) is 15.0. The van der Waals surface area contributed by atoms with Crippen molar-refractivity contribution in [3.8, 4) is 0 Å². The van der Waals surface area contributed by atoms with Crippen molar-refractivity contribution < 1.29 is 8.42 Å². The summed E-state index contributed by atoms with van der Waals surface area (Å²) in [4.78, 5) is 4.55. The van der Waals surface area contributed by atoms with E-state index in [-0.39, 0.29) is 4.90 Å². The average molecular weight is 356 g/mol. The summed E-state index contributed by atoms with van der Waals surface area (Å²) in [7, 11) is -1.99. The summed E-state index contributed by atoms with van der Waals surface area (Å²) in [5.74, 6) is 0. The van der Waals surface area contributed by atoms with Crippen molar-refractivity contribution >= 4 is 31.6 Å². The Morgan fingerprint density at radius 2 is 1.85 bits per heavy atom. The van der Waals surface area contributed by atoms with Crippen molar-refractivity contribution in [2.24, 2.45) is 0 Å². The molecule has 0 fully saturated rings. The summed E-state index contributed by atoms with van der Waals surface area (Å²) in [6.07, 6.45) is 0. The maximum atomic E-state index is 11.6. The topological polar surface area (TPSA) is 71.1 Å². The molecule has 20 heavy (non-hydrogen) atoms. The summed E-state index contributed by atoms with van der Waals surface area (Å²) >= 11 is 3.32. The standard InChI is InChI=1S/C13H14BrN3O2S/c1-15-20(18,19)12-7-5-10(6-8-12)16-9-11-3-2-4-13(14)17-11/h2-8,15-16H,9H2,1H3. The Morgan fingerprint density at radius 3 is 2.45 bits per heavy atom. The van der Waals surface area contributed by atoms with Crippen LogP contribution in [0.4, 0.5) is 5.69 Å². The van der Waals surface area contributed by atoms with Crippen molar-refractivity contribution in [2.45, 2.75) is 11.4 Å². The first-order valence-corrected chi connectivity index (χ1v) is 8.18. The molecule has 0 amide bonds. The van der Waals surface area contributed by atoms with Gasteiger partial charge in [0, 0.05) is 5.69 Å². The number of anilines is 1. The Bertz CT molecular complexity index is 687. The predicted octanol–water partition coefficient (Wildman–Crippen LogP) is 2.36. The molecule has 7 heteroatoms. The van der Waals surface area contributed by atoms with E-state index >= 15 is 0 Å². The number of nitrogens with one attached hydrogen (secondary N) is 2. The lowest BCUT2D eigenvalue weighted by molar-refractivity contribution is 0.588. The first-order chi connectivity index (χ1) is 9.51. The highest BCUT2D eigenvalue weighted by Gasteiger charge is 2.10. The Kier molecular flexibility index (Phi) is 4.74. The molecule has 2 aromatic rings. The second kappa shape index (κ2) is 6.34. The number of sulfonamides is 1. The van der Waals surface area contributed by atoms with Crippen molar-refractivity contribution in [2.75, 3.05) is 12.4 Å². The fourth-order valence-electron chi connectivity index (χ4n) is 1.61. The Balaban J connectivity index is 2.05. The first-order valence-electron chi connectivity index (χ1n) is 5.90. The zero-order chi connectivity index (χ0) is 14.6. The fourth-order valence-corrected chi connectivity index (χ4v) is 2.72. The van der Waals surface area contributed by atoms with Crippen molar-refractivity contribution in [3.63, 3.8) is 0 Å². The third-order valence-corrected chi connectivity index (χ3v) is 4.55. The van der Waals surface area contributed by atoms with Crippen molar-refractivity contribution in [1.82, 2.24) is 9.71 Å². The highest BCUT2D eigenvalue weighted by molar-refractivity contribution is 9.10. The lowest BCUT2D eigenvalue weighted by atomic mass is 10.3. The van der Waals surface area contributed by atoms with Crippen LogP contribution in [-0.2, 0) is 16.6 Å². The van der Waals surface area contributed by atoms with Crippen LogP contribution in [0.5, 0.6) is 0 Å². The molecule has 1 aromatic heterocycles. The molecule has 0 aliphatic rings. The SMILES string of the molecule is CNS(=O)(=O)c1ccc(NCc2cccc(Br)n2)cc1. The molecule has 0 spiro atoms. The lowest BCUT2D eigenvalue weighted by Gasteiger charge is -2.07. The molecule has 2 N–H and O–H groups in total. The van der Waals surface area contributed by atoms with Crippen LogP contribution in [0.2, 0.25) is 0 Å². The fraction of sp³-hybridized carbons (Fsp3) is 0.154. The van der Waals surface area contributed by atoms with E-state index in [4.69, 9.17) is 0 Å². The molecular weight excluding hydrogens is 342 g/mol. The van der Waals surface area contributed by atoms with Crippen LogP contribution in [0.3, 0.4) is 0 Å². The summed E-state index contributed by atoms with van der Waals surface area (Å²) in [5.41, 5.74) is 1.73.